The summed E-state index contributed by atoms with van der Waals surface area (Å²) in [5, 5.41) is 20.3. The van der Waals surface area contributed by atoms with Crippen LogP contribution in [0.4, 0.5) is 0 Å². The normalized spacial score (nSPS) is 28.1. The molecule has 0 bridgehead atoms. The molecule has 96 valence electrons. The summed E-state index contributed by atoms with van der Waals surface area (Å²) in [4.78, 5) is 8.07. The van der Waals surface area contributed by atoms with Crippen LogP contribution in [0.5, 0.6) is 0 Å². The summed E-state index contributed by atoms with van der Waals surface area (Å²) in [6, 6.07) is 1.53. The molecule has 3 atom stereocenters. The summed E-state index contributed by atoms with van der Waals surface area (Å²) in [5.41, 5.74) is 0.654. The molecule has 3 heterocycles. The molecule has 1 aliphatic rings. The standard InChI is InChI=1S/C11H12ClN3O3/c12-10-6-1-2-15(11(6)14-5-13-10)7-4-18-8(3-16)9(7)17/h1-2,5,7-9,16-17H,3-4H2/t7-,8-,9+/m0/s1. The van der Waals surface area contributed by atoms with Gasteiger partial charge in [-0.15, -0.1) is 0 Å². The lowest BCUT2D eigenvalue weighted by molar-refractivity contribution is 0.00207. The topological polar surface area (TPSA) is 80.4 Å². The summed E-state index contributed by atoms with van der Waals surface area (Å²) in [6.07, 6.45) is 1.86. The first-order valence-corrected chi connectivity index (χ1v) is 5.97. The van der Waals surface area contributed by atoms with Crippen molar-refractivity contribution in [2.45, 2.75) is 18.2 Å². The zero-order valence-electron chi connectivity index (χ0n) is 9.40. The summed E-state index contributed by atoms with van der Waals surface area (Å²) in [6.45, 7) is 0.129. The van der Waals surface area contributed by atoms with Crippen LogP contribution in [0.25, 0.3) is 11.0 Å². The van der Waals surface area contributed by atoms with Gasteiger partial charge in [0.05, 0.1) is 24.6 Å². The predicted octanol–water partition coefficient (Wildman–Crippen LogP) is 0.378. The Morgan fingerprint density at radius 1 is 1.50 bits per heavy atom. The summed E-state index contributed by atoms with van der Waals surface area (Å²) >= 11 is 5.97. The van der Waals surface area contributed by atoms with Crippen LogP contribution in [0.3, 0.4) is 0 Å². The molecule has 7 heteroatoms. The van der Waals surface area contributed by atoms with Crippen molar-refractivity contribution in [3.63, 3.8) is 0 Å². The maximum atomic E-state index is 10.1. The molecule has 6 nitrogen and oxygen atoms in total. The zero-order valence-corrected chi connectivity index (χ0v) is 10.2. The first-order chi connectivity index (χ1) is 8.72. The van der Waals surface area contributed by atoms with Crippen molar-refractivity contribution < 1.29 is 14.9 Å². The van der Waals surface area contributed by atoms with E-state index in [2.05, 4.69) is 9.97 Å². The van der Waals surface area contributed by atoms with Crippen LogP contribution in [-0.2, 0) is 4.74 Å². The van der Waals surface area contributed by atoms with Crippen LogP contribution < -0.4 is 0 Å². The lowest BCUT2D eigenvalue weighted by atomic mass is 10.1. The van der Waals surface area contributed by atoms with Crippen molar-refractivity contribution in [2.75, 3.05) is 13.2 Å². The number of hydrogen-bond acceptors (Lipinski definition) is 5. The average Bonchev–Trinajstić information content (AvgIpc) is 2.93. The van der Waals surface area contributed by atoms with E-state index in [1.54, 1.807) is 12.3 Å². The number of hydrogen-bond donors (Lipinski definition) is 2. The third-order valence-electron chi connectivity index (χ3n) is 3.25. The van der Waals surface area contributed by atoms with Crippen LogP contribution in [-0.4, -0.2) is 50.2 Å². The van der Waals surface area contributed by atoms with Crippen molar-refractivity contribution in [3.8, 4) is 0 Å². The molecule has 1 saturated heterocycles. The van der Waals surface area contributed by atoms with E-state index in [4.69, 9.17) is 21.4 Å². The van der Waals surface area contributed by atoms with Gasteiger partial charge in [-0.3, -0.25) is 0 Å². The van der Waals surface area contributed by atoms with Crippen LogP contribution in [0.1, 0.15) is 6.04 Å². The van der Waals surface area contributed by atoms with Crippen LogP contribution >= 0.6 is 11.6 Å². The monoisotopic (exact) mass is 269 g/mol. The molecule has 0 aliphatic carbocycles. The van der Waals surface area contributed by atoms with Gasteiger partial charge in [-0.1, -0.05) is 11.6 Å². The molecule has 0 unspecified atom stereocenters. The first-order valence-electron chi connectivity index (χ1n) is 5.60. The number of ether oxygens (including phenoxy) is 1. The Morgan fingerprint density at radius 3 is 3.06 bits per heavy atom. The predicted molar refractivity (Wildman–Crippen MR) is 64.4 cm³/mol. The van der Waals surface area contributed by atoms with E-state index < -0.39 is 12.2 Å². The Kier molecular flexibility index (Phi) is 2.95. The SMILES string of the molecule is OC[C@@H]1OC[C@H](n2ccc3c(Cl)ncnc32)[C@H]1O. The molecule has 0 aromatic carbocycles. The van der Waals surface area contributed by atoms with E-state index in [1.165, 1.54) is 6.33 Å². The Morgan fingerprint density at radius 2 is 2.33 bits per heavy atom. The second-order valence-corrected chi connectivity index (χ2v) is 4.60. The highest BCUT2D eigenvalue weighted by Gasteiger charge is 2.37. The van der Waals surface area contributed by atoms with E-state index in [0.717, 1.165) is 5.39 Å². The fraction of sp³-hybridized carbons (Fsp3) is 0.455. The van der Waals surface area contributed by atoms with Gasteiger partial charge in [0.2, 0.25) is 0 Å². The summed E-state index contributed by atoms with van der Waals surface area (Å²) in [5.74, 6) is 0. The molecule has 0 saturated carbocycles. The number of nitrogens with zero attached hydrogens (tertiary/aromatic N) is 3. The maximum Gasteiger partial charge on any atom is 0.145 e. The van der Waals surface area contributed by atoms with Gasteiger partial charge in [0, 0.05) is 6.20 Å². The fourth-order valence-corrected chi connectivity index (χ4v) is 2.47. The van der Waals surface area contributed by atoms with Gasteiger partial charge in [-0.05, 0) is 6.07 Å². The van der Waals surface area contributed by atoms with Crippen molar-refractivity contribution in [3.05, 3.63) is 23.7 Å². The smallest absolute Gasteiger partial charge is 0.145 e. The van der Waals surface area contributed by atoms with Crippen molar-refractivity contribution >= 4 is 22.6 Å². The third kappa shape index (κ3) is 1.69. The van der Waals surface area contributed by atoms with Crippen LogP contribution in [0.15, 0.2) is 18.6 Å². The van der Waals surface area contributed by atoms with Gasteiger partial charge in [-0.25, -0.2) is 9.97 Å². The second-order valence-electron chi connectivity index (χ2n) is 4.24. The number of halogens is 1. The fourth-order valence-electron chi connectivity index (χ4n) is 2.28. The van der Waals surface area contributed by atoms with Gasteiger partial charge < -0.3 is 19.5 Å². The Balaban J connectivity index is 2.03. The minimum absolute atomic E-state index is 0.202. The van der Waals surface area contributed by atoms with E-state index in [9.17, 15) is 5.11 Å². The van der Waals surface area contributed by atoms with Crippen LogP contribution in [0, 0.1) is 0 Å². The first kappa shape index (κ1) is 11.9. The number of aliphatic hydroxyl groups excluding tert-OH is 2. The zero-order chi connectivity index (χ0) is 12.7. The molecule has 18 heavy (non-hydrogen) atoms. The molecule has 3 rings (SSSR count). The van der Waals surface area contributed by atoms with Gasteiger partial charge in [-0.2, -0.15) is 0 Å². The number of aromatic nitrogens is 3. The molecule has 1 aliphatic heterocycles. The Bertz CT molecular complexity index is 574. The molecule has 2 aromatic heterocycles. The van der Waals surface area contributed by atoms with Crippen molar-refractivity contribution in [1.82, 2.24) is 14.5 Å². The van der Waals surface area contributed by atoms with Crippen LogP contribution in [0.2, 0.25) is 5.15 Å². The molecular weight excluding hydrogens is 258 g/mol. The van der Waals surface area contributed by atoms with Gasteiger partial charge in [0.25, 0.3) is 0 Å². The maximum absolute atomic E-state index is 10.1. The van der Waals surface area contributed by atoms with Crippen molar-refractivity contribution in [2.24, 2.45) is 0 Å². The lowest BCUT2D eigenvalue weighted by Gasteiger charge is -2.17. The lowest BCUT2D eigenvalue weighted by Crippen LogP contribution is -2.30. The number of aliphatic hydroxyl groups is 2. The molecule has 2 N–H and O–H groups in total. The third-order valence-corrected chi connectivity index (χ3v) is 3.56. The summed E-state index contributed by atoms with van der Waals surface area (Å²) < 4.78 is 7.14. The Hall–Kier alpha value is -1.21. The molecule has 0 amide bonds. The van der Waals surface area contributed by atoms with Gasteiger partial charge >= 0.3 is 0 Å². The van der Waals surface area contributed by atoms with Crippen molar-refractivity contribution in [1.29, 1.82) is 0 Å². The highest BCUT2D eigenvalue weighted by Crippen LogP contribution is 2.29. The molecule has 0 radical (unpaired) electrons. The largest absolute Gasteiger partial charge is 0.394 e. The highest BCUT2D eigenvalue weighted by atomic mass is 35.5. The Labute approximate surface area is 108 Å². The second kappa shape index (κ2) is 4.47. The quantitative estimate of drug-likeness (QED) is 0.771. The minimum Gasteiger partial charge on any atom is -0.394 e. The average molecular weight is 270 g/mol. The number of fused-ring (bicyclic) bond motifs is 1. The highest BCUT2D eigenvalue weighted by molar-refractivity contribution is 6.33. The minimum atomic E-state index is -0.764. The van der Waals surface area contributed by atoms with Gasteiger partial charge in [0.1, 0.15) is 29.3 Å². The summed E-state index contributed by atoms with van der Waals surface area (Å²) in [7, 11) is 0. The van der Waals surface area contributed by atoms with E-state index in [-0.39, 0.29) is 12.6 Å². The van der Waals surface area contributed by atoms with E-state index in [0.29, 0.717) is 17.4 Å². The molecule has 1 fully saturated rings. The molecular formula is C11H12ClN3O3. The van der Waals surface area contributed by atoms with Gasteiger partial charge in [0.15, 0.2) is 0 Å². The van der Waals surface area contributed by atoms with E-state index >= 15 is 0 Å². The number of rotatable bonds is 2. The molecule has 0 spiro atoms. The van der Waals surface area contributed by atoms with E-state index in [1.807, 2.05) is 4.57 Å². The molecule has 2 aromatic rings.